The third kappa shape index (κ3) is 5.72. The van der Waals surface area contributed by atoms with Gasteiger partial charge in [0.25, 0.3) is 10.1 Å². The lowest BCUT2D eigenvalue weighted by Crippen LogP contribution is -2.59. The van der Waals surface area contributed by atoms with Crippen LogP contribution < -0.4 is 0 Å². The molecule has 4 saturated carbocycles. The summed E-state index contributed by atoms with van der Waals surface area (Å²) in [4.78, 5) is 24.2. The van der Waals surface area contributed by atoms with Crippen LogP contribution in [-0.4, -0.2) is 39.2 Å². The number of aryl methyl sites for hydroxylation is 1. The van der Waals surface area contributed by atoms with Crippen molar-refractivity contribution in [2.75, 3.05) is 6.61 Å². The van der Waals surface area contributed by atoms with Crippen molar-refractivity contribution in [1.29, 1.82) is 0 Å². The maximum Gasteiger partial charge on any atom is 0.302 e. The molecule has 8 heteroatoms. The molecule has 1 aromatic carbocycles. The van der Waals surface area contributed by atoms with Gasteiger partial charge in [0, 0.05) is 19.8 Å². The normalized spacial score (nSPS) is 39.1. The Labute approximate surface area is 246 Å². The SMILES string of the molecule is CC(=O)O[C@H]1CC[C@@]2(C)[C@H](C1)[C@@H](OC(C)=O)C[C@@H]1[C@@H]2CC[C@]2(C)[C@@H]([C@H](C)COS(=O)(=O)c3ccc(C)cc3)CC[C@@H]12. The van der Waals surface area contributed by atoms with E-state index in [9.17, 15) is 18.0 Å². The molecule has 0 unspecified atom stereocenters. The first-order valence-corrected chi connectivity index (χ1v) is 17.0. The Morgan fingerprint density at radius 3 is 2.17 bits per heavy atom. The summed E-state index contributed by atoms with van der Waals surface area (Å²) in [6.07, 6.45) is 7.59. The zero-order valence-electron chi connectivity index (χ0n) is 25.6. The lowest BCUT2D eigenvalue weighted by Gasteiger charge is -2.62. The summed E-state index contributed by atoms with van der Waals surface area (Å²) in [6, 6.07) is 6.81. The number of carbonyl (C=O) groups excluding carboxylic acids is 2. The number of fused-ring (bicyclic) bond motifs is 5. The summed E-state index contributed by atoms with van der Waals surface area (Å²) in [6.45, 7) is 12.0. The smallest absolute Gasteiger partial charge is 0.302 e. The van der Waals surface area contributed by atoms with Crippen LogP contribution in [0.4, 0.5) is 0 Å². The van der Waals surface area contributed by atoms with E-state index in [1.807, 2.05) is 6.92 Å². The molecule has 0 radical (unpaired) electrons. The molecule has 0 amide bonds. The van der Waals surface area contributed by atoms with E-state index in [-0.39, 0.29) is 58.3 Å². The molecule has 0 spiro atoms. The Balaban J connectivity index is 1.32. The fourth-order valence-corrected chi connectivity index (χ4v) is 11.0. The van der Waals surface area contributed by atoms with E-state index < -0.39 is 10.1 Å². The van der Waals surface area contributed by atoms with Crippen molar-refractivity contribution < 1.29 is 31.7 Å². The fraction of sp³-hybridized carbons (Fsp3) is 0.758. The van der Waals surface area contributed by atoms with Crippen molar-refractivity contribution in [2.45, 2.75) is 110 Å². The molecular weight excluding hydrogens is 540 g/mol. The van der Waals surface area contributed by atoms with Gasteiger partial charge in [0.15, 0.2) is 0 Å². The molecule has 4 aliphatic rings. The van der Waals surface area contributed by atoms with Gasteiger partial charge in [0.05, 0.1) is 11.5 Å². The van der Waals surface area contributed by atoms with Crippen LogP contribution in [0.25, 0.3) is 0 Å². The first-order chi connectivity index (χ1) is 19.2. The maximum atomic E-state index is 12.9. The van der Waals surface area contributed by atoms with Gasteiger partial charge in [-0.05, 0) is 111 Å². The summed E-state index contributed by atoms with van der Waals surface area (Å²) in [5, 5.41) is 0. The maximum absolute atomic E-state index is 12.9. The minimum atomic E-state index is -3.80. The summed E-state index contributed by atoms with van der Waals surface area (Å²) >= 11 is 0. The van der Waals surface area contributed by atoms with E-state index in [1.54, 1.807) is 24.3 Å². The summed E-state index contributed by atoms with van der Waals surface area (Å²) < 4.78 is 43.1. The van der Waals surface area contributed by atoms with Gasteiger partial charge in [-0.15, -0.1) is 0 Å². The average molecular weight is 589 g/mol. The second kappa shape index (κ2) is 11.3. The topological polar surface area (TPSA) is 96.0 Å². The van der Waals surface area contributed by atoms with Crippen LogP contribution in [0.1, 0.15) is 91.5 Å². The van der Waals surface area contributed by atoms with E-state index in [0.717, 1.165) is 56.9 Å². The molecule has 228 valence electrons. The molecule has 4 fully saturated rings. The molecule has 0 aliphatic heterocycles. The first kappa shape index (κ1) is 30.5. The van der Waals surface area contributed by atoms with E-state index in [0.29, 0.717) is 23.7 Å². The van der Waals surface area contributed by atoms with Crippen molar-refractivity contribution in [2.24, 2.45) is 46.3 Å². The van der Waals surface area contributed by atoms with Crippen molar-refractivity contribution in [1.82, 2.24) is 0 Å². The van der Waals surface area contributed by atoms with Crippen molar-refractivity contribution in [3.8, 4) is 0 Å². The molecule has 1 aromatic rings. The lowest BCUT2D eigenvalue weighted by atomic mass is 9.43. The number of carbonyl (C=O) groups is 2. The predicted octanol–water partition coefficient (Wildman–Crippen LogP) is 6.47. The molecule has 10 atom stereocenters. The monoisotopic (exact) mass is 588 g/mol. The number of esters is 2. The molecule has 41 heavy (non-hydrogen) atoms. The van der Waals surface area contributed by atoms with E-state index in [1.165, 1.54) is 13.8 Å². The van der Waals surface area contributed by atoms with Crippen molar-refractivity contribution in [3.05, 3.63) is 29.8 Å². The zero-order chi connectivity index (χ0) is 29.7. The number of hydrogen-bond donors (Lipinski definition) is 0. The highest BCUT2D eigenvalue weighted by molar-refractivity contribution is 7.86. The fourth-order valence-electron chi connectivity index (χ4n) is 9.98. The number of rotatable bonds is 7. The molecular formula is C33H48O7S. The minimum absolute atomic E-state index is 0.0376. The van der Waals surface area contributed by atoms with Crippen LogP contribution in [0.2, 0.25) is 0 Å². The Kier molecular flexibility index (Phi) is 8.41. The van der Waals surface area contributed by atoms with Gasteiger partial charge in [-0.2, -0.15) is 8.42 Å². The molecule has 0 N–H and O–H groups in total. The molecule has 4 aliphatic carbocycles. The summed E-state index contributed by atoms with van der Waals surface area (Å²) in [7, 11) is -3.80. The van der Waals surface area contributed by atoms with Gasteiger partial charge in [0.1, 0.15) is 12.2 Å². The van der Waals surface area contributed by atoms with Crippen LogP contribution in [-0.2, 0) is 33.4 Å². The van der Waals surface area contributed by atoms with E-state index in [2.05, 4.69) is 20.8 Å². The van der Waals surface area contributed by atoms with Gasteiger partial charge in [0.2, 0.25) is 0 Å². The largest absolute Gasteiger partial charge is 0.463 e. The van der Waals surface area contributed by atoms with E-state index in [4.69, 9.17) is 13.7 Å². The molecule has 0 saturated heterocycles. The highest BCUT2D eigenvalue weighted by Crippen LogP contribution is 2.68. The van der Waals surface area contributed by atoms with Gasteiger partial charge in [-0.1, -0.05) is 38.5 Å². The number of ether oxygens (including phenoxy) is 2. The van der Waals surface area contributed by atoms with Crippen LogP contribution >= 0.6 is 0 Å². The average Bonchev–Trinajstić information content (AvgIpc) is 3.25. The highest BCUT2D eigenvalue weighted by atomic mass is 32.2. The van der Waals surface area contributed by atoms with Gasteiger partial charge in [-0.3, -0.25) is 13.8 Å². The lowest BCUT2D eigenvalue weighted by molar-refractivity contribution is -0.197. The zero-order valence-corrected chi connectivity index (χ0v) is 26.4. The summed E-state index contributed by atoms with van der Waals surface area (Å²) in [5.41, 5.74) is 1.14. The third-order valence-electron chi connectivity index (χ3n) is 11.8. The quantitative estimate of drug-likeness (QED) is 0.266. The number of hydrogen-bond acceptors (Lipinski definition) is 7. The van der Waals surface area contributed by atoms with Crippen molar-refractivity contribution >= 4 is 22.1 Å². The van der Waals surface area contributed by atoms with Crippen LogP contribution in [0, 0.1) is 53.3 Å². The molecule has 0 aromatic heterocycles. The highest BCUT2D eigenvalue weighted by Gasteiger charge is 2.63. The van der Waals surface area contributed by atoms with Crippen LogP contribution in [0.3, 0.4) is 0 Å². The molecule has 0 bridgehead atoms. The Morgan fingerprint density at radius 2 is 1.51 bits per heavy atom. The Morgan fingerprint density at radius 1 is 0.878 bits per heavy atom. The third-order valence-corrected chi connectivity index (χ3v) is 13.1. The van der Waals surface area contributed by atoms with Crippen LogP contribution in [0.5, 0.6) is 0 Å². The Hall–Kier alpha value is -1.93. The predicted molar refractivity (Wildman–Crippen MR) is 155 cm³/mol. The first-order valence-electron chi connectivity index (χ1n) is 15.5. The standard InChI is InChI=1S/C33H48O7S/c1-20-7-9-25(10-8-20)41(36,37)38-19-21(2)27-11-12-28-26-18-31(40-23(4)35)30-17-24(39-22(3)34)13-15-33(30,6)29(26)14-16-32(27,28)5/h7-10,21,24,26-31H,11-19H2,1-6H3/t21-,24+,26+,27-,28+,29+,30-,31+,32-,33-/m1/s1. The van der Waals surface area contributed by atoms with E-state index >= 15 is 0 Å². The Bertz CT molecular complexity index is 1240. The minimum Gasteiger partial charge on any atom is -0.463 e. The number of benzene rings is 1. The van der Waals surface area contributed by atoms with Crippen molar-refractivity contribution in [3.63, 3.8) is 0 Å². The van der Waals surface area contributed by atoms with Gasteiger partial charge < -0.3 is 9.47 Å². The van der Waals surface area contributed by atoms with Crippen LogP contribution in [0.15, 0.2) is 29.2 Å². The summed E-state index contributed by atoms with van der Waals surface area (Å²) in [5.74, 6) is 1.69. The van der Waals surface area contributed by atoms with Gasteiger partial charge in [-0.25, -0.2) is 0 Å². The second-order valence-electron chi connectivity index (χ2n) is 14.1. The molecule has 0 heterocycles. The molecule has 5 rings (SSSR count). The van der Waals surface area contributed by atoms with Gasteiger partial charge >= 0.3 is 11.9 Å². The molecule has 7 nitrogen and oxygen atoms in total. The second-order valence-corrected chi connectivity index (χ2v) is 15.8.